The Morgan fingerprint density at radius 3 is 2.33 bits per heavy atom. The molecule has 0 heterocycles. The number of rotatable bonds is 1. The van der Waals surface area contributed by atoms with Crippen LogP contribution >= 0.6 is 15.9 Å². The monoisotopic (exact) mass is 232 g/mol. The molecule has 0 radical (unpaired) electrons. The third-order valence-corrected chi connectivity index (χ3v) is 1.89. The number of carbonyl (C=O) groups is 1. The summed E-state index contributed by atoms with van der Waals surface area (Å²) in [6.07, 6.45) is 0. The van der Waals surface area contributed by atoms with Crippen LogP contribution in [-0.2, 0) is 0 Å². The third-order valence-electron chi connectivity index (χ3n) is 1.29. The highest BCUT2D eigenvalue weighted by atomic mass is 79.9. The molecule has 0 spiro atoms. The van der Waals surface area contributed by atoms with Crippen molar-refractivity contribution in [3.63, 3.8) is 0 Å². The predicted molar refractivity (Wildman–Crippen MR) is 44.4 cm³/mol. The number of halogens is 1. The van der Waals surface area contributed by atoms with Gasteiger partial charge in [0.15, 0.2) is 11.5 Å². The third kappa shape index (κ3) is 1.50. The number of hydrogen-bond acceptors (Lipinski definition) is 3. The molecule has 0 aromatic heterocycles. The van der Waals surface area contributed by atoms with Crippen molar-refractivity contribution in [1.82, 2.24) is 0 Å². The molecule has 0 aliphatic rings. The summed E-state index contributed by atoms with van der Waals surface area (Å²) in [6, 6.07) is 2.18. The van der Waals surface area contributed by atoms with Gasteiger partial charge in [0, 0.05) is 0 Å². The first-order chi connectivity index (χ1) is 5.52. The van der Waals surface area contributed by atoms with Gasteiger partial charge in [-0.25, -0.2) is 4.79 Å². The van der Waals surface area contributed by atoms with E-state index in [1.807, 2.05) is 0 Å². The lowest BCUT2D eigenvalue weighted by atomic mass is 10.2. The molecule has 0 amide bonds. The first-order valence-electron chi connectivity index (χ1n) is 2.97. The van der Waals surface area contributed by atoms with Crippen molar-refractivity contribution < 1.29 is 20.1 Å². The van der Waals surface area contributed by atoms with E-state index in [-0.39, 0.29) is 15.8 Å². The first-order valence-corrected chi connectivity index (χ1v) is 3.76. The second-order valence-corrected chi connectivity index (χ2v) is 2.99. The average Bonchev–Trinajstić information content (AvgIpc) is 1.99. The van der Waals surface area contributed by atoms with Crippen molar-refractivity contribution in [3.8, 4) is 11.5 Å². The fraction of sp³-hybridized carbons (Fsp3) is 0. The van der Waals surface area contributed by atoms with Crippen LogP contribution in [0, 0.1) is 0 Å². The van der Waals surface area contributed by atoms with E-state index < -0.39 is 11.7 Å². The lowest BCUT2D eigenvalue weighted by Crippen LogP contribution is -1.95. The zero-order valence-corrected chi connectivity index (χ0v) is 7.37. The number of aromatic hydroxyl groups is 2. The Bertz CT molecular complexity index is 311. The molecule has 0 aliphatic heterocycles. The summed E-state index contributed by atoms with van der Waals surface area (Å²) in [5.74, 6) is -1.98. The maximum absolute atomic E-state index is 10.4. The molecule has 0 saturated carbocycles. The van der Waals surface area contributed by atoms with Crippen molar-refractivity contribution >= 4 is 21.9 Å². The summed E-state index contributed by atoms with van der Waals surface area (Å²) in [6.45, 7) is 0. The molecule has 5 heteroatoms. The Hall–Kier alpha value is -1.23. The highest BCUT2D eigenvalue weighted by Gasteiger charge is 2.10. The van der Waals surface area contributed by atoms with Gasteiger partial charge in [-0.3, -0.25) is 0 Å². The molecule has 0 fully saturated rings. The second kappa shape index (κ2) is 3.02. The standard InChI is InChI=1S/C7H5BrO4/c8-4-1-3(7(11)12)2-5(9)6(4)10/h1-2,9-10H,(H,11,12). The normalized spacial score (nSPS) is 9.75. The number of phenolic OH excluding ortho intramolecular Hbond substituents is 2. The van der Waals surface area contributed by atoms with Gasteiger partial charge in [0.05, 0.1) is 10.0 Å². The van der Waals surface area contributed by atoms with Gasteiger partial charge in [0.2, 0.25) is 0 Å². The average molecular weight is 233 g/mol. The lowest BCUT2D eigenvalue weighted by Gasteiger charge is -2.01. The highest BCUT2D eigenvalue weighted by Crippen LogP contribution is 2.34. The van der Waals surface area contributed by atoms with Crippen molar-refractivity contribution in [3.05, 3.63) is 22.2 Å². The van der Waals surface area contributed by atoms with E-state index >= 15 is 0 Å². The van der Waals surface area contributed by atoms with Gasteiger partial charge in [-0.05, 0) is 28.1 Å². The number of carboxylic acids is 1. The van der Waals surface area contributed by atoms with Crippen LogP contribution in [0.5, 0.6) is 11.5 Å². The molecule has 12 heavy (non-hydrogen) atoms. The second-order valence-electron chi connectivity index (χ2n) is 2.13. The van der Waals surface area contributed by atoms with Crippen molar-refractivity contribution in [2.24, 2.45) is 0 Å². The molecule has 1 aromatic rings. The maximum atomic E-state index is 10.4. The fourth-order valence-electron chi connectivity index (χ4n) is 0.708. The zero-order valence-electron chi connectivity index (χ0n) is 5.78. The Labute approximate surface area is 76.2 Å². The smallest absolute Gasteiger partial charge is 0.335 e. The number of carboxylic acid groups (broad SMARTS) is 1. The number of aromatic carboxylic acids is 1. The van der Waals surface area contributed by atoms with Gasteiger partial charge < -0.3 is 15.3 Å². The van der Waals surface area contributed by atoms with E-state index in [1.54, 1.807) is 0 Å². The minimum absolute atomic E-state index is 0.0859. The molecule has 64 valence electrons. The molecule has 1 rings (SSSR count). The zero-order chi connectivity index (χ0) is 9.30. The molecule has 0 unspecified atom stereocenters. The van der Waals surface area contributed by atoms with Crippen molar-refractivity contribution in [2.45, 2.75) is 0 Å². The molecule has 0 saturated heterocycles. The van der Waals surface area contributed by atoms with Crippen LogP contribution in [-0.4, -0.2) is 21.3 Å². The van der Waals surface area contributed by atoms with E-state index in [2.05, 4.69) is 15.9 Å². The molecule has 0 atom stereocenters. The summed E-state index contributed by atoms with van der Waals surface area (Å²) in [5, 5.41) is 26.5. The largest absolute Gasteiger partial charge is 0.504 e. The highest BCUT2D eigenvalue weighted by molar-refractivity contribution is 9.10. The first kappa shape index (κ1) is 8.86. The van der Waals surface area contributed by atoms with Crippen LogP contribution in [0.2, 0.25) is 0 Å². The van der Waals surface area contributed by atoms with E-state index in [1.165, 1.54) is 6.07 Å². The van der Waals surface area contributed by atoms with Gasteiger partial charge in [-0.2, -0.15) is 0 Å². The molecule has 0 aliphatic carbocycles. The van der Waals surface area contributed by atoms with Crippen LogP contribution in [0.3, 0.4) is 0 Å². The number of phenols is 2. The topological polar surface area (TPSA) is 77.8 Å². The minimum Gasteiger partial charge on any atom is -0.504 e. The summed E-state index contributed by atoms with van der Waals surface area (Å²) < 4.78 is 0.153. The predicted octanol–water partition coefficient (Wildman–Crippen LogP) is 1.56. The van der Waals surface area contributed by atoms with Crippen LogP contribution < -0.4 is 0 Å². The molecule has 4 nitrogen and oxygen atoms in total. The summed E-state index contributed by atoms with van der Waals surface area (Å²) in [4.78, 5) is 10.4. The Kier molecular flexibility index (Phi) is 2.23. The van der Waals surface area contributed by atoms with Crippen molar-refractivity contribution in [2.75, 3.05) is 0 Å². The van der Waals surface area contributed by atoms with Crippen LogP contribution in [0.1, 0.15) is 10.4 Å². The van der Waals surface area contributed by atoms with E-state index in [4.69, 9.17) is 15.3 Å². The SMILES string of the molecule is O=C(O)c1cc(O)c(O)c(Br)c1. The number of hydrogen-bond donors (Lipinski definition) is 3. The summed E-state index contributed by atoms with van der Waals surface area (Å²) in [7, 11) is 0. The van der Waals surface area contributed by atoms with Gasteiger partial charge in [-0.1, -0.05) is 0 Å². The van der Waals surface area contributed by atoms with E-state index in [9.17, 15) is 4.79 Å². The molecule has 3 N–H and O–H groups in total. The summed E-state index contributed by atoms with van der Waals surface area (Å²) >= 11 is 2.89. The molecule has 0 bridgehead atoms. The van der Waals surface area contributed by atoms with E-state index in [0.29, 0.717) is 0 Å². The Balaban J connectivity index is 3.31. The van der Waals surface area contributed by atoms with Gasteiger partial charge in [0.1, 0.15) is 0 Å². The van der Waals surface area contributed by atoms with Gasteiger partial charge in [0.25, 0.3) is 0 Å². The van der Waals surface area contributed by atoms with Gasteiger partial charge >= 0.3 is 5.97 Å². The van der Waals surface area contributed by atoms with Crippen LogP contribution in [0.15, 0.2) is 16.6 Å². The van der Waals surface area contributed by atoms with Gasteiger partial charge in [-0.15, -0.1) is 0 Å². The number of benzene rings is 1. The van der Waals surface area contributed by atoms with Crippen LogP contribution in [0.25, 0.3) is 0 Å². The molecular formula is C7H5BrO4. The Morgan fingerprint density at radius 1 is 1.33 bits per heavy atom. The minimum atomic E-state index is -1.16. The van der Waals surface area contributed by atoms with Crippen LogP contribution in [0.4, 0.5) is 0 Å². The Morgan fingerprint density at radius 2 is 1.92 bits per heavy atom. The molecule has 1 aromatic carbocycles. The van der Waals surface area contributed by atoms with E-state index in [0.717, 1.165) is 6.07 Å². The quantitative estimate of drug-likeness (QED) is 0.643. The summed E-state index contributed by atoms with van der Waals surface area (Å²) in [5.41, 5.74) is -0.0859. The van der Waals surface area contributed by atoms with Crippen molar-refractivity contribution in [1.29, 1.82) is 0 Å². The molecular weight excluding hydrogens is 228 g/mol. The maximum Gasteiger partial charge on any atom is 0.335 e. The fourth-order valence-corrected chi connectivity index (χ4v) is 1.16. The lowest BCUT2D eigenvalue weighted by molar-refractivity contribution is 0.0696.